The number of rotatable bonds is 4. The minimum atomic E-state index is 0.733. The third kappa shape index (κ3) is 2.03. The first kappa shape index (κ1) is 8.66. The van der Waals surface area contributed by atoms with Gasteiger partial charge < -0.3 is 9.88 Å². The Kier molecular flexibility index (Phi) is 3.21. The monoisotopic (exact) mass is 163 g/mol. The second-order valence-corrected chi connectivity index (χ2v) is 2.42. The number of anilines is 1. The molecular weight excluding hydrogens is 150 g/mol. The summed E-state index contributed by atoms with van der Waals surface area (Å²) in [6.07, 6.45) is 9.58. The number of nitrogens with one attached hydrogen (secondary N) is 1. The summed E-state index contributed by atoms with van der Waals surface area (Å²) in [7, 11) is 0. The van der Waals surface area contributed by atoms with E-state index in [1.807, 2.05) is 10.8 Å². The molecule has 12 heavy (non-hydrogen) atoms. The Morgan fingerprint density at radius 3 is 3.25 bits per heavy atom. The first-order valence-corrected chi connectivity index (χ1v) is 4.07. The minimum absolute atomic E-state index is 0.733. The Balaban J connectivity index is 2.46. The lowest BCUT2D eigenvalue weighted by molar-refractivity contribution is 0.763. The highest BCUT2D eigenvalue weighted by Crippen LogP contribution is 2.02. The molecule has 0 amide bonds. The zero-order chi connectivity index (χ0) is 8.81. The van der Waals surface area contributed by atoms with E-state index in [-0.39, 0.29) is 0 Å². The first-order valence-electron chi connectivity index (χ1n) is 4.07. The van der Waals surface area contributed by atoms with E-state index in [9.17, 15) is 0 Å². The van der Waals surface area contributed by atoms with Crippen molar-refractivity contribution in [3.8, 4) is 12.3 Å². The molecule has 0 atom stereocenters. The molecule has 1 aromatic heterocycles. The van der Waals surface area contributed by atoms with Crippen LogP contribution < -0.4 is 5.32 Å². The van der Waals surface area contributed by atoms with Crippen molar-refractivity contribution in [2.75, 3.05) is 11.9 Å². The number of aromatic nitrogens is 2. The van der Waals surface area contributed by atoms with Crippen LogP contribution in [0.15, 0.2) is 12.4 Å². The molecule has 0 spiro atoms. The summed E-state index contributed by atoms with van der Waals surface area (Å²) < 4.78 is 2.04. The molecule has 0 radical (unpaired) electrons. The molecule has 1 heterocycles. The molecule has 0 bridgehead atoms. The molecule has 0 aliphatic carbocycles. The van der Waals surface area contributed by atoms with E-state index in [0.717, 1.165) is 25.5 Å². The smallest absolute Gasteiger partial charge is 0.202 e. The molecule has 1 aromatic rings. The van der Waals surface area contributed by atoms with Crippen LogP contribution >= 0.6 is 0 Å². The summed E-state index contributed by atoms with van der Waals surface area (Å²) >= 11 is 0. The van der Waals surface area contributed by atoms with Crippen LogP contribution in [0.5, 0.6) is 0 Å². The predicted molar refractivity (Wildman–Crippen MR) is 49.8 cm³/mol. The van der Waals surface area contributed by atoms with Crippen molar-refractivity contribution in [1.29, 1.82) is 0 Å². The SMILES string of the molecule is C#CCCNc1nccn1CC. The van der Waals surface area contributed by atoms with E-state index >= 15 is 0 Å². The van der Waals surface area contributed by atoms with Gasteiger partial charge in [0.05, 0.1) is 0 Å². The summed E-state index contributed by atoms with van der Waals surface area (Å²) in [6, 6.07) is 0. The van der Waals surface area contributed by atoms with Crippen molar-refractivity contribution in [3.05, 3.63) is 12.4 Å². The fourth-order valence-corrected chi connectivity index (χ4v) is 0.978. The summed E-state index contributed by atoms with van der Waals surface area (Å²) in [6.45, 7) is 3.79. The second kappa shape index (κ2) is 4.45. The van der Waals surface area contributed by atoms with E-state index in [0.29, 0.717) is 0 Å². The lowest BCUT2D eigenvalue weighted by Gasteiger charge is -2.05. The quantitative estimate of drug-likeness (QED) is 0.536. The predicted octanol–water partition coefficient (Wildman–Crippen LogP) is 1.34. The molecule has 0 saturated carbocycles. The number of imidazole rings is 1. The Morgan fingerprint density at radius 2 is 2.58 bits per heavy atom. The topological polar surface area (TPSA) is 29.9 Å². The van der Waals surface area contributed by atoms with Crippen LogP contribution in [0.1, 0.15) is 13.3 Å². The Hall–Kier alpha value is -1.43. The molecular formula is C9H13N3. The van der Waals surface area contributed by atoms with Gasteiger partial charge in [0.25, 0.3) is 0 Å². The van der Waals surface area contributed by atoms with Gasteiger partial charge in [0, 0.05) is 31.9 Å². The van der Waals surface area contributed by atoms with Gasteiger partial charge >= 0.3 is 0 Å². The number of nitrogens with zero attached hydrogens (tertiary/aromatic N) is 2. The summed E-state index contributed by atoms with van der Waals surface area (Å²) in [4.78, 5) is 4.14. The van der Waals surface area contributed by atoms with Crippen LogP contribution in [-0.4, -0.2) is 16.1 Å². The number of hydrogen-bond acceptors (Lipinski definition) is 2. The molecule has 1 N–H and O–H groups in total. The normalized spacial score (nSPS) is 9.33. The third-order valence-electron chi connectivity index (χ3n) is 1.61. The van der Waals surface area contributed by atoms with E-state index in [4.69, 9.17) is 6.42 Å². The average Bonchev–Trinajstić information content (AvgIpc) is 2.52. The van der Waals surface area contributed by atoms with E-state index in [2.05, 4.69) is 23.1 Å². The number of terminal acetylenes is 1. The fraction of sp³-hybridized carbons (Fsp3) is 0.444. The van der Waals surface area contributed by atoms with Crippen molar-refractivity contribution in [2.24, 2.45) is 0 Å². The zero-order valence-electron chi connectivity index (χ0n) is 7.25. The highest BCUT2D eigenvalue weighted by Gasteiger charge is 1.97. The summed E-state index contributed by atoms with van der Waals surface area (Å²) in [5, 5.41) is 3.15. The van der Waals surface area contributed by atoms with Crippen LogP contribution in [0.3, 0.4) is 0 Å². The molecule has 0 aromatic carbocycles. The molecule has 0 aliphatic rings. The van der Waals surface area contributed by atoms with E-state index < -0.39 is 0 Å². The van der Waals surface area contributed by atoms with Gasteiger partial charge in [-0.1, -0.05) is 0 Å². The lowest BCUT2D eigenvalue weighted by atomic mass is 10.4. The van der Waals surface area contributed by atoms with Gasteiger partial charge in [-0.2, -0.15) is 0 Å². The molecule has 64 valence electrons. The van der Waals surface area contributed by atoms with E-state index in [1.165, 1.54) is 0 Å². The maximum Gasteiger partial charge on any atom is 0.202 e. The average molecular weight is 163 g/mol. The maximum atomic E-state index is 5.12. The van der Waals surface area contributed by atoms with Crippen LogP contribution in [0.4, 0.5) is 5.95 Å². The standard InChI is InChI=1S/C9H13N3/c1-3-5-6-10-9-11-7-8-12(9)4-2/h1,7-8H,4-6H2,2H3,(H,10,11). The van der Waals surface area contributed by atoms with Crippen molar-refractivity contribution < 1.29 is 0 Å². The van der Waals surface area contributed by atoms with Crippen molar-refractivity contribution >= 4 is 5.95 Å². The molecule has 3 nitrogen and oxygen atoms in total. The largest absolute Gasteiger partial charge is 0.355 e. The van der Waals surface area contributed by atoms with Crippen molar-refractivity contribution in [1.82, 2.24) is 9.55 Å². The van der Waals surface area contributed by atoms with Crippen molar-refractivity contribution in [3.63, 3.8) is 0 Å². The summed E-state index contributed by atoms with van der Waals surface area (Å²) in [5.41, 5.74) is 0. The van der Waals surface area contributed by atoms with Crippen LogP contribution in [0.25, 0.3) is 0 Å². The Morgan fingerprint density at radius 1 is 1.75 bits per heavy atom. The summed E-state index contributed by atoms with van der Waals surface area (Å²) in [5.74, 6) is 3.46. The molecule has 0 aliphatic heterocycles. The highest BCUT2D eigenvalue weighted by molar-refractivity contribution is 5.25. The van der Waals surface area contributed by atoms with E-state index in [1.54, 1.807) is 6.20 Å². The van der Waals surface area contributed by atoms with Gasteiger partial charge in [0.2, 0.25) is 5.95 Å². The molecule has 0 saturated heterocycles. The van der Waals surface area contributed by atoms with Gasteiger partial charge in [0.15, 0.2) is 0 Å². The van der Waals surface area contributed by atoms with Gasteiger partial charge in [-0.25, -0.2) is 4.98 Å². The lowest BCUT2D eigenvalue weighted by Crippen LogP contribution is -2.07. The fourth-order valence-electron chi connectivity index (χ4n) is 0.978. The molecule has 0 fully saturated rings. The number of aryl methyl sites for hydroxylation is 1. The molecule has 0 unspecified atom stereocenters. The van der Waals surface area contributed by atoms with Gasteiger partial charge in [0.1, 0.15) is 0 Å². The van der Waals surface area contributed by atoms with Crippen LogP contribution in [-0.2, 0) is 6.54 Å². The third-order valence-corrected chi connectivity index (χ3v) is 1.61. The highest BCUT2D eigenvalue weighted by atomic mass is 15.2. The Bertz CT molecular complexity index is 270. The zero-order valence-corrected chi connectivity index (χ0v) is 7.25. The maximum absolute atomic E-state index is 5.12. The first-order chi connectivity index (χ1) is 5.88. The van der Waals surface area contributed by atoms with Crippen molar-refractivity contribution in [2.45, 2.75) is 19.9 Å². The van der Waals surface area contributed by atoms with Crippen LogP contribution in [0.2, 0.25) is 0 Å². The molecule has 1 rings (SSSR count). The molecule has 3 heteroatoms. The van der Waals surface area contributed by atoms with Gasteiger partial charge in [-0.05, 0) is 6.92 Å². The number of hydrogen-bond donors (Lipinski definition) is 1. The van der Waals surface area contributed by atoms with Gasteiger partial charge in [-0.3, -0.25) is 0 Å². The van der Waals surface area contributed by atoms with Gasteiger partial charge in [-0.15, -0.1) is 12.3 Å². The minimum Gasteiger partial charge on any atom is -0.355 e. The van der Waals surface area contributed by atoms with Crippen LogP contribution in [0, 0.1) is 12.3 Å². The second-order valence-electron chi connectivity index (χ2n) is 2.42. The Labute approximate surface area is 72.8 Å².